The molecule has 0 unspecified atom stereocenters. The lowest BCUT2D eigenvalue weighted by atomic mass is 10.1. The van der Waals surface area contributed by atoms with E-state index in [0.29, 0.717) is 23.7 Å². The van der Waals surface area contributed by atoms with Gasteiger partial charge in [0.2, 0.25) is 0 Å². The molecule has 2 aliphatic rings. The zero-order valence-electron chi connectivity index (χ0n) is 17.7. The Morgan fingerprint density at radius 1 is 1.16 bits per heavy atom. The Kier molecular flexibility index (Phi) is 5.42. The van der Waals surface area contributed by atoms with Crippen LogP contribution in [0, 0.1) is 6.92 Å². The number of anilines is 3. The van der Waals surface area contributed by atoms with Gasteiger partial charge in [-0.15, -0.1) is 0 Å². The standard InChI is InChI=1S/C23H25N7O2/c1-14-2-4-17(9-26-14)27-23(32)29-22-13-24-10-18(28-22)15-3-5-19-16(8-15)6-7-30(19)20-11-25-12-21(20)31/h2-5,8-10,13,20-21,25,31H,6-7,11-12H2,1H3,(H2,27,28,29,32)/t20-,21-/m1/s1. The number of aryl methyl sites for hydroxylation is 1. The van der Waals surface area contributed by atoms with Crippen LogP contribution in [0.2, 0.25) is 0 Å². The van der Waals surface area contributed by atoms with Gasteiger partial charge < -0.3 is 20.6 Å². The number of carbonyl (C=O) groups is 1. The number of nitrogens with one attached hydrogen (secondary N) is 3. The van der Waals surface area contributed by atoms with Gasteiger partial charge in [-0.05, 0) is 43.2 Å². The van der Waals surface area contributed by atoms with Gasteiger partial charge in [0, 0.05) is 36.6 Å². The summed E-state index contributed by atoms with van der Waals surface area (Å²) in [6, 6.07) is 9.54. The molecule has 164 valence electrons. The number of aromatic nitrogens is 3. The number of aliphatic hydroxyl groups excluding tert-OH is 1. The number of hydrogen-bond donors (Lipinski definition) is 4. The molecule has 0 bridgehead atoms. The fourth-order valence-corrected chi connectivity index (χ4v) is 4.29. The van der Waals surface area contributed by atoms with E-state index in [2.05, 4.69) is 47.9 Å². The molecule has 2 aromatic heterocycles. The van der Waals surface area contributed by atoms with E-state index in [1.54, 1.807) is 18.5 Å². The van der Waals surface area contributed by atoms with E-state index in [1.807, 2.05) is 19.1 Å². The maximum absolute atomic E-state index is 12.3. The number of carbonyl (C=O) groups excluding carboxylic acids is 1. The van der Waals surface area contributed by atoms with Crippen molar-refractivity contribution in [2.45, 2.75) is 25.5 Å². The van der Waals surface area contributed by atoms with Gasteiger partial charge in [-0.1, -0.05) is 6.07 Å². The summed E-state index contributed by atoms with van der Waals surface area (Å²) < 4.78 is 0. The third-order valence-electron chi connectivity index (χ3n) is 5.90. The third-order valence-corrected chi connectivity index (χ3v) is 5.90. The molecule has 9 nitrogen and oxygen atoms in total. The number of nitrogens with zero attached hydrogens (tertiary/aromatic N) is 4. The van der Waals surface area contributed by atoms with Crippen LogP contribution in [0.3, 0.4) is 0 Å². The van der Waals surface area contributed by atoms with Gasteiger partial charge in [0.1, 0.15) is 0 Å². The molecule has 0 saturated carbocycles. The molecule has 5 rings (SSSR count). The van der Waals surface area contributed by atoms with Crippen LogP contribution in [0.5, 0.6) is 0 Å². The molecule has 2 aliphatic heterocycles. The molecule has 0 spiro atoms. The summed E-state index contributed by atoms with van der Waals surface area (Å²) in [4.78, 5) is 27.6. The molecule has 3 aromatic rings. The maximum Gasteiger partial charge on any atom is 0.324 e. The van der Waals surface area contributed by atoms with Crippen LogP contribution in [-0.2, 0) is 6.42 Å². The third kappa shape index (κ3) is 4.12. The number of amides is 2. The fraction of sp³-hybridized carbons (Fsp3) is 0.304. The van der Waals surface area contributed by atoms with Crippen LogP contribution < -0.4 is 20.9 Å². The number of β-amino-alcohol motifs (C(OH)–C–C–N with tert-alkyl or cyclic N) is 1. The molecule has 4 N–H and O–H groups in total. The van der Waals surface area contributed by atoms with Crippen molar-refractivity contribution in [3.8, 4) is 11.3 Å². The highest BCUT2D eigenvalue weighted by molar-refractivity contribution is 5.99. The van der Waals surface area contributed by atoms with E-state index in [1.165, 1.54) is 11.8 Å². The minimum Gasteiger partial charge on any atom is -0.390 e. The highest BCUT2D eigenvalue weighted by Gasteiger charge is 2.34. The molecular formula is C23H25N7O2. The Morgan fingerprint density at radius 3 is 2.84 bits per heavy atom. The second-order valence-corrected chi connectivity index (χ2v) is 8.14. The lowest BCUT2D eigenvalue weighted by molar-refractivity contribution is 0.175. The average molecular weight is 432 g/mol. The van der Waals surface area contributed by atoms with Crippen molar-refractivity contribution in [1.29, 1.82) is 0 Å². The quantitative estimate of drug-likeness (QED) is 0.500. The van der Waals surface area contributed by atoms with Gasteiger partial charge in [0.15, 0.2) is 5.82 Å². The number of aliphatic hydroxyl groups is 1. The Bertz CT molecular complexity index is 1140. The van der Waals surface area contributed by atoms with E-state index in [4.69, 9.17) is 0 Å². The van der Waals surface area contributed by atoms with Gasteiger partial charge in [-0.3, -0.25) is 15.3 Å². The Morgan fingerprint density at radius 2 is 2.06 bits per heavy atom. The summed E-state index contributed by atoms with van der Waals surface area (Å²) in [6.07, 6.45) is 5.37. The fourth-order valence-electron chi connectivity index (χ4n) is 4.29. The molecule has 0 radical (unpaired) electrons. The minimum absolute atomic E-state index is 0.108. The highest BCUT2D eigenvalue weighted by atomic mass is 16.3. The summed E-state index contributed by atoms with van der Waals surface area (Å²) in [5.41, 5.74) is 5.49. The van der Waals surface area contributed by atoms with E-state index in [9.17, 15) is 9.90 Å². The molecule has 1 saturated heterocycles. The van der Waals surface area contributed by atoms with Crippen LogP contribution in [-0.4, -0.2) is 57.9 Å². The molecular weight excluding hydrogens is 406 g/mol. The molecule has 32 heavy (non-hydrogen) atoms. The van der Waals surface area contributed by atoms with E-state index in [-0.39, 0.29) is 12.1 Å². The second kappa shape index (κ2) is 8.52. The molecule has 1 aromatic carbocycles. The smallest absolute Gasteiger partial charge is 0.324 e. The van der Waals surface area contributed by atoms with E-state index < -0.39 is 6.03 Å². The Labute approximate surface area is 185 Å². The number of benzene rings is 1. The first kappa shape index (κ1) is 20.3. The van der Waals surface area contributed by atoms with Crippen molar-refractivity contribution in [2.24, 2.45) is 0 Å². The summed E-state index contributed by atoms with van der Waals surface area (Å²) in [6.45, 7) is 4.21. The lowest BCUT2D eigenvalue weighted by Gasteiger charge is -2.28. The second-order valence-electron chi connectivity index (χ2n) is 8.14. The maximum atomic E-state index is 12.3. The van der Waals surface area contributed by atoms with Gasteiger partial charge in [0.25, 0.3) is 0 Å². The van der Waals surface area contributed by atoms with E-state index in [0.717, 1.165) is 36.5 Å². The van der Waals surface area contributed by atoms with Crippen molar-refractivity contribution in [3.63, 3.8) is 0 Å². The largest absolute Gasteiger partial charge is 0.390 e. The normalized spacial score (nSPS) is 19.6. The van der Waals surface area contributed by atoms with Gasteiger partial charge in [-0.25, -0.2) is 9.78 Å². The predicted octanol–water partition coefficient (Wildman–Crippen LogP) is 2.19. The summed E-state index contributed by atoms with van der Waals surface area (Å²) >= 11 is 0. The Balaban J connectivity index is 1.30. The van der Waals surface area contributed by atoms with Crippen molar-refractivity contribution in [3.05, 3.63) is 60.2 Å². The molecule has 9 heteroatoms. The molecule has 2 atom stereocenters. The number of pyridine rings is 1. The number of fused-ring (bicyclic) bond motifs is 1. The first-order valence-corrected chi connectivity index (χ1v) is 10.7. The van der Waals surface area contributed by atoms with Crippen LogP contribution >= 0.6 is 0 Å². The van der Waals surface area contributed by atoms with Gasteiger partial charge in [0.05, 0.1) is 42.1 Å². The van der Waals surface area contributed by atoms with Crippen LogP contribution in [0.1, 0.15) is 11.3 Å². The average Bonchev–Trinajstić information content (AvgIpc) is 3.40. The number of hydrogen-bond acceptors (Lipinski definition) is 7. The van der Waals surface area contributed by atoms with Crippen molar-refractivity contribution >= 4 is 23.2 Å². The van der Waals surface area contributed by atoms with Crippen molar-refractivity contribution in [2.75, 3.05) is 35.2 Å². The van der Waals surface area contributed by atoms with Crippen LogP contribution in [0.25, 0.3) is 11.3 Å². The Hall–Kier alpha value is -3.56. The minimum atomic E-state index is -0.407. The van der Waals surface area contributed by atoms with Crippen molar-refractivity contribution < 1.29 is 9.90 Å². The van der Waals surface area contributed by atoms with Crippen molar-refractivity contribution in [1.82, 2.24) is 20.3 Å². The summed E-state index contributed by atoms with van der Waals surface area (Å²) in [5.74, 6) is 0.363. The molecule has 0 aliphatic carbocycles. The SMILES string of the molecule is Cc1ccc(NC(=O)Nc2cncc(-c3ccc4c(c3)CCN4[C@@H]3CNC[C@H]3O)n2)cn1. The first-order chi connectivity index (χ1) is 15.6. The topological polar surface area (TPSA) is 115 Å². The number of rotatable bonds is 4. The molecule has 4 heterocycles. The monoisotopic (exact) mass is 431 g/mol. The predicted molar refractivity (Wildman–Crippen MR) is 123 cm³/mol. The van der Waals surface area contributed by atoms with Gasteiger partial charge >= 0.3 is 6.03 Å². The highest BCUT2D eigenvalue weighted by Crippen LogP contribution is 2.34. The van der Waals surface area contributed by atoms with E-state index >= 15 is 0 Å². The molecule has 1 fully saturated rings. The first-order valence-electron chi connectivity index (χ1n) is 10.7. The zero-order chi connectivity index (χ0) is 22.1. The van der Waals surface area contributed by atoms with Crippen LogP contribution in [0.15, 0.2) is 48.9 Å². The summed E-state index contributed by atoms with van der Waals surface area (Å²) in [7, 11) is 0. The number of urea groups is 1. The van der Waals surface area contributed by atoms with Gasteiger partial charge in [-0.2, -0.15) is 0 Å². The van der Waals surface area contributed by atoms with Crippen LogP contribution in [0.4, 0.5) is 22.0 Å². The zero-order valence-corrected chi connectivity index (χ0v) is 17.7. The lowest BCUT2D eigenvalue weighted by Crippen LogP contribution is -2.42. The molecule has 2 amide bonds. The summed E-state index contributed by atoms with van der Waals surface area (Å²) in [5, 5.41) is 19.0.